The number of likely N-dealkylation sites (tertiary alicyclic amines) is 1. The van der Waals surface area contributed by atoms with E-state index in [-0.39, 0.29) is 6.61 Å². The van der Waals surface area contributed by atoms with Gasteiger partial charge in [0.15, 0.2) is 0 Å². The fraction of sp³-hybridized carbons (Fsp3) is 0.409. The number of hydrogen-bond acceptors (Lipinski definition) is 4. The molecule has 0 saturated carbocycles. The third-order valence-corrected chi connectivity index (χ3v) is 5.49. The van der Waals surface area contributed by atoms with E-state index in [2.05, 4.69) is 46.7 Å². The van der Waals surface area contributed by atoms with Crippen molar-refractivity contribution in [3.05, 3.63) is 65.5 Å². The van der Waals surface area contributed by atoms with Gasteiger partial charge in [-0.05, 0) is 44.0 Å². The van der Waals surface area contributed by atoms with Crippen LogP contribution < -0.4 is 0 Å². The molecule has 1 fully saturated rings. The summed E-state index contributed by atoms with van der Waals surface area (Å²) in [5.41, 5.74) is 3.63. The normalized spacial score (nSPS) is 21.0. The van der Waals surface area contributed by atoms with Crippen molar-refractivity contribution in [3.8, 4) is 0 Å². The van der Waals surface area contributed by atoms with Crippen molar-refractivity contribution in [2.45, 2.75) is 38.5 Å². The van der Waals surface area contributed by atoms with Crippen LogP contribution in [0, 0.1) is 6.92 Å². The van der Waals surface area contributed by atoms with E-state index in [1.807, 2.05) is 18.2 Å². The van der Waals surface area contributed by atoms with E-state index in [0.717, 1.165) is 36.4 Å². The van der Waals surface area contributed by atoms with Gasteiger partial charge >= 0.3 is 0 Å². The number of aliphatic hydroxyl groups excluding tert-OH is 1. The van der Waals surface area contributed by atoms with Crippen LogP contribution >= 0.6 is 0 Å². The summed E-state index contributed by atoms with van der Waals surface area (Å²) in [6.07, 6.45) is 1.54. The van der Waals surface area contributed by atoms with Crippen LogP contribution in [0.4, 0.5) is 0 Å². The molecule has 1 atom stereocenters. The first kappa shape index (κ1) is 18.2. The summed E-state index contributed by atoms with van der Waals surface area (Å²) < 4.78 is 2.27. The quantitative estimate of drug-likeness (QED) is 0.730. The van der Waals surface area contributed by atoms with Gasteiger partial charge < -0.3 is 14.8 Å². The lowest BCUT2D eigenvalue weighted by Gasteiger charge is -2.37. The zero-order valence-corrected chi connectivity index (χ0v) is 15.8. The van der Waals surface area contributed by atoms with Crippen molar-refractivity contribution in [1.29, 1.82) is 0 Å². The molecular weight excluding hydrogens is 338 g/mol. The van der Waals surface area contributed by atoms with E-state index >= 15 is 0 Å². The Morgan fingerprint density at radius 2 is 1.85 bits per heavy atom. The fourth-order valence-corrected chi connectivity index (χ4v) is 3.97. The Hall–Kier alpha value is -2.21. The first-order valence-electron chi connectivity index (χ1n) is 9.62. The Morgan fingerprint density at radius 1 is 1.07 bits per heavy atom. The van der Waals surface area contributed by atoms with Gasteiger partial charge in [0.05, 0.1) is 24.2 Å². The minimum absolute atomic E-state index is 0.191. The van der Waals surface area contributed by atoms with Crippen LogP contribution in [0.1, 0.15) is 29.8 Å². The average molecular weight is 365 g/mol. The van der Waals surface area contributed by atoms with Crippen molar-refractivity contribution in [1.82, 2.24) is 14.5 Å². The van der Waals surface area contributed by atoms with E-state index in [4.69, 9.17) is 4.98 Å². The Kier molecular flexibility index (Phi) is 5.00. The molecule has 3 aromatic rings. The van der Waals surface area contributed by atoms with Crippen LogP contribution in [0.5, 0.6) is 0 Å². The van der Waals surface area contributed by atoms with Crippen LogP contribution in [0.2, 0.25) is 0 Å². The molecule has 0 radical (unpaired) electrons. The standard InChI is InChI=1S/C22H27N3O2/c1-17-7-9-18(10-8-17)13-25-20-6-3-2-5-19(20)23-21(25)14-24-12-4-11-22(27,15-24)16-26/h2-3,5-10,26-27H,4,11-16H2,1H3. The summed E-state index contributed by atoms with van der Waals surface area (Å²) in [4.78, 5) is 7.07. The zero-order chi connectivity index (χ0) is 18.9. The number of rotatable bonds is 5. The summed E-state index contributed by atoms with van der Waals surface area (Å²) in [5, 5.41) is 20.0. The first-order chi connectivity index (χ1) is 13.1. The molecule has 142 valence electrons. The highest BCUT2D eigenvalue weighted by Crippen LogP contribution is 2.24. The van der Waals surface area contributed by atoms with Crippen molar-refractivity contribution >= 4 is 11.0 Å². The Labute approximate surface area is 159 Å². The number of imidazole rings is 1. The number of aromatic nitrogens is 2. The first-order valence-corrected chi connectivity index (χ1v) is 9.62. The van der Waals surface area contributed by atoms with Crippen molar-refractivity contribution in [2.75, 3.05) is 19.7 Å². The number of aryl methyl sites for hydroxylation is 1. The van der Waals surface area contributed by atoms with Crippen molar-refractivity contribution < 1.29 is 10.2 Å². The van der Waals surface area contributed by atoms with Crippen molar-refractivity contribution in [2.24, 2.45) is 0 Å². The molecule has 1 aliphatic rings. The minimum atomic E-state index is -0.994. The lowest BCUT2D eigenvalue weighted by atomic mass is 9.94. The second kappa shape index (κ2) is 7.43. The van der Waals surface area contributed by atoms with Gasteiger partial charge in [-0.3, -0.25) is 4.90 Å². The molecule has 5 heteroatoms. The predicted molar refractivity (Wildman–Crippen MR) is 107 cm³/mol. The zero-order valence-electron chi connectivity index (χ0n) is 15.8. The van der Waals surface area contributed by atoms with Gasteiger partial charge in [0.25, 0.3) is 0 Å². The van der Waals surface area contributed by atoms with Crippen LogP contribution in [-0.2, 0) is 13.1 Å². The Morgan fingerprint density at radius 3 is 2.63 bits per heavy atom. The van der Waals surface area contributed by atoms with Gasteiger partial charge in [0, 0.05) is 13.1 Å². The third kappa shape index (κ3) is 3.90. The molecule has 0 spiro atoms. The number of aliphatic hydroxyl groups is 2. The maximum absolute atomic E-state index is 10.5. The summed E-state index contributed by atoms with van der Waals surface area (Å²) in [7, 11) is 0. The number of piperidine rings is 1. The average Bonchev–Trinajstić information content (AvgIpc) is 3.01. The van der Waals surface area contributed by atoms with Crippen LogP contribution in [0.25, 0.3) is 11.0 Å². The summed E-state index contributed by atoms with van der Waals surface area (Å²) in [6.45, 7) is 4.74. The summed E-state index contributed by atoms with van der Waals surface area (Å²) in [5.74, 6) is 0.999. The van der Waals surface area contributed by atoms with Crippen LogP contribution in [-0.4, -0.2) is 50.0 Å². The van der Waals surface area contributed by atoms with Crippen LogP contribution in [0.15, 0.2) is 48.5 Å². The minimum Gasteiger partial charge on any atom is -0.393 e. The number of fused-ring (bicyclic) bond motifs is 1. The molecule has 1 aliphatic heterocycles. The van der Waals surface area contributed by atoms with E-state index in [0.29, 0.717) is 19.5 Å². The predicted octanol–water partition coefficient (Wildman–Crippen LogP) is 2.71. The largest absolute Gasteiger partial charge is 0.393 e. The lowest BCUT2D eigenvalue weighted by Crippen LogP contribution is -2.50. The second-order valence-corrected chi connectivity index (χ2v) is 7.79. The number of nitrogens with zero attached hydrogens (tertiary/aromatic N) is 3. The summed E-state index contributed by atoms with van der Waals surface area (Å²) in [6, 6.07) is 16.8. The lowest BCUT2D eigenvalue weighted by molar-refractivity contribution is -0.0692. The molecule has 2 N–H and O–H groups in total. The molecule has 5 nitrogen and oxygen atoms in total. The highest BCUT2D eigenvalue weighted by molar-refractivity contribution is 5.76. The van der Waals surface area contributed by atoms with Gasteiger partial charge in [-0.15, -0.1) is 0 Å². The number of para-hydroxylation sites is 2. The maximum atomic E-state index is 10.5. The third-order valence-electron chi connectivity index (χ3n) is 5.49. The molecule has 0 aliphatic carbocycles. The number of β-amino-alcohol motifs (C(OH)–C–C–N with tert-alkyl or cyclic N) is 1. The number of benzene rings is 2. The van der Waals surface area contributed by atoms with Gasteiger partial charge in [-0.2, -0.15) is 0 Å². The fourth-order valence-electron chi connectivity index (χ4n) is 3.97. The molecule has 27 heavy (non-hydrogen) atoms. The highest BCUT2D eigenvalue weighted by atomic mass is 16.3. The molecule has 2 heterocycles. The van der Waals surface area contributed by atoms with Crippen LogP contribution in [0.3, 0.4) is 0 Å². The molecule has 2 aromatic carbocycles. The maximum Gasteiger partial charge on any atom is 0.124 e. The smallest absolute Gasteiger partial charge is 0.124 e. The van der Waals surface area contributed by atoms with E-state index in [9.17, 15) is 10.2 Å². The SMILES string of the molecule is Cc1ccc(Cn2c(CN3CCCC(O)(CO)C3)nc3ccccc32)cc1. The van der Waals surface area contributed by atoms with E-state index in [1.54, 1.807) is 0 Å². The number of hydrogen-bond donors (Lipinski definition) is 2. The Balaban J connectivity index is 1.64. The summed E-state index contributed by atoms with van der Waals surface area (Å²) >= 11 is 0. The van der Waals surface area contributed by atoms with Gasteiger partial charge in [0.2, 0.25) is 0 Å². The van der Waals surface area contributed by atoms with E-state index in [1.165, 1.54) is 11.1 Å². The van der Waals surface area contributed by atoms with Crippen molar-refractivity contribution in [3.63, 3.8) is 0 Å². The molecule has 1 saturated heterocycles. The molecule has 1 unspecified atom stereocenters. The molecule has 1 aromatic heterocycles. The van der Waals surface area contributed by atoms with Gasteiger partial charge in [0.1, 0.15) is 11.4 Å². The molecular formula is C22H27N3O2. The van der Waals surface area contributed by atoms with Gasteiger partial charge in [-0.25, -0.2) is 4.98 Å². The van der Waals surface area contributed by atoms with E-state index < -0.39 is 5.60 Å². The topological polar surface area (TPSA) is 61.5 Å². The molecule has 0 bridgehead atoms. The Bertz CT molecular complexity index is 919. The second-order valence-electron chi connectivity index (χ2n) is 7.79. The monoisotopic (exact) mass is 365 g/mol. The van der Waals surface area contributed by atoms with Gasteiger partial charge in [-0.1, -0.05) is 42.0 Å². The highest BCUT2D eigenvalue weighted by Gasteiger charge is 2.33. The molecule has 0 amide bonds. The molecule has 4 rings (SSSR count).